The van der Waals surface area contributed by atoms with Crippen molar-refractivity contribution in [2.75, 3.05) is 31.1 Å². The fourth-order valence-corrected chi connectivity index (χ4v) is 4.00. The molecule has 124 valence electrons. The number of carbonyl (C=O) groups excluding carboxylic acids is 1. The van der Waals surface area contributed by atoms with E-state index in [-0.39, 0.29) is 18.1 Å². The van der Waals surface area contributed by atoms with Crippen molar-refractivity contribution in [3.63, 3.8) is 0 Å². The van der Waals surface area contributed by atoms with Crippen LogP contribution in [0.3, 0.4) is 0 Å². The maximum atomic E-state index is 12.5. The minimum absolute atomic E-state index is 0.142. The lowest BCUT2D eigenvalue weighted by atomic mass is 9.91. The molecule has 0 aromatic carbocycles. The molecular formula is C17H24N4O2. The SMILES string of the molecule is Cc1ccc(N2CC[C@H]3C[C@H](C(=O)N4CCCC4)O[C@H]3C2)nn1. The second kappa shape index (κ2) is 6.07. The van der Waals surface area contributed by atoms with Crippen molar-refractivity contribution in [3.8, 4) is 0 Å². The highest BCUT2D eigenvalue weighted by Gasteiger charge is 2.43. The number of rotatable bonds is 2. The number of hydrogen-bond acceptors (Lipinski definition) is 5. The smallest absolute Gasteiger partial charge is 0.251 e. The number of hydrogen-bond donors (Lipinski definition) is 0. The highest BCUT2D eigenvalue weighted by atomic mass is 16.5. The molecule has 0 spiro atoms. The van der Waals surface area contributed by atoms with E-state index in [1.165, 1.54) is 0 Å². The van der Waals surface area contributed by atoms with E-state index < -0.39 is 0 Å². The van der Waals surface area contributed by atoms with Crippen LogP contribution >= 0.6 is 0 Å². The van der Waals surface area contributed by atoms with Crippen LogP contribution in [0.5, 0.6) is 0 Å². The number of piperidine rings is 1. The van der Waals surface area contributed by atoms with E-state index in [1.54, 1.807) is 0 Å². The summed E-state index contributed by atoms with van der Waals surface area (Å²) in [5.74, 6) is 1.62. The molecule has 1 aromatic rings. The van der Waals surface area contributed by atoms with Gasteiger partial charge in [-0.3, -0.25) is 4.79 Å². The number of carbonyl (C=O) groups is 1. The summed E-state index contributed by atoms with van der Waals surface area (Å²) in [5.41, 5.74) is 0.928. The van der Waals surface area contributed by atoms with Gasteiger partial charge in [-0.2, -0.15) is 5.10 Å². The minimum atomic E-state index is -0.229. The standard InChI is InChI=1S/C17H24N4O2/c1-12-4-5-16(19-18-12)21-9-6-13-10-14(23-15(13)11-21)17(22)20-7-2-3-8-20/h4-5,13-15H,2-3,6-11H2,1H3/t13-,14+,15-/m0/s1. The fraction of sp³-hybridized carbons (Fsp3) is 0.706. The fourth-order valence-electron chi connectivity index (χ4n) is 4.00. The molecular weight excluding hydrogens is 292 g/mol. The second-order valence-electron chi connectivity index (χ2n) is 6.96. The van der Waals surface area contributed by atoms with Gasteiger partial charge in [-0.05, 0) is 50.7 Å². The molecule has 0 unspecified atom stereocenters. The number of likely N-dealkylation sites (tertiary alicyclic amines) is 1. The molecule has 6 heteroatoms. The maximum Gasteiger partial charge on any atom is 0.251 e. The molecule has 0 aliphatic carbocycles. The van der Waals surface area contributed by atoms with Crippen molar-refractivity contribution in [2.45, 2.75) is 44.8 Å². The highest BCUT2D eigenvalue weighted by Crippen LogP contribution is 2.35. The summed E-state index contributed by atoms with van der Waals surface area (Å²) in [5, 5.41) is 8.42. The Hall–Kier alpha value is -1.69. The second-order valence-corrected chi connectivity index (χ2v) is 6.96. The molecule has 3 atom stereocenters. The topological polar surface area (TPSA) is 58.6 Å². The summed E-state index contributed by atoms with van der Waals surface area (Å²) in [6.07, 6.45) is 4.11. The van der Waals surface area contributed by atoms with E-state index >= 15 is 0 Å². The van der Waals surface area contributed by atoms with Crippen LogP contribution in [0.1, 0.15) is 31.4 Å². The molecule has 6 nitrogen and oxygen atoms in total. The number of aryl methyl sites for hydroxylation is 1. The third kappa shape index (κ3) is 2.92. The summed E-state index contributed by atoms with van der Waals surface area (Å²) in [6.45, 7) is 5.52. The molecule has 0 N–H and O–H groups in total. The molecule has 3 aliphatic rings. The van der Waals surface area contributed by atoms with Gasteiger partial charge in [-0.15, -0.1) is 5.10 Å². The van der Waals surface area contributed by atoms with Crippen LogP contribution in [-0.2, 0) is 9.53 Å². The molecule has 0 saturated carbocycles. The minimum Gasteiger partial charge on any atom is -0.363 e. The Bertz CT molecular complexity index is 570. The van der Waals surface area contributed by atoms with Gasteiger partial charge in [0.1, 0.15) is 6.10 Å². The van der Waals surface area contributed by atoms with Crippen molar-refractivity contribution in [1.29, 1.82) is 0 Å². The lowest BCUT2D eigenvalue weighted by Crippen LogP contribution is -2.43. The Balaban J connectivity index is 1.40. The van der Waals surface area contributed by atoms with E-state index in [0.717, 1.165) is 63.4 Å². The molecule has 3 saturated heterocycles. The van der Waals surface area contributed by atoms with Gasteiger partial charge >= 0.3 is 0 Å². The quantitative estimate of drug-likeness (QED) is 0.825. The van der Waals surface area contributed by atoms with E-state index in [2.05, 4.69) is 15.1 Å². The maximum absolute atomic E-state index is 12.5. The highest BCUT2D eigenvalue weighted by molar-refractivity contribution is 5.81. The summed E-state index contributed by atoms with van der Waals surface area (Å²) < 4.78 is 6.13. The summed E-state index contributed by atoms with van der Waals surface area (Å²) in [7, 11) is 0. The van der Waals surface area contributed by atoms with Crippen molar-refractivity contribution in [3.05, 3.63) is 17.8 Å². The molecule has 4 heterocycles. The number of nitrogens with zero attached hydrogens (tertiary/aromatic N) is 4. The third-order valence-corrected chi connectivity index (χ3v) is 5.35. The molecule has 1 aromatic heterocycles. The zero-order valence-corrected chi connectivity index (χ0v) is 13.6. The molecule has 4 rings (SSSR count). The van der Waals surface area contributed by atoms with Gasteiger partial charge in [-0.25, -0.2) is 0 Å². The third-order valence-electron chi connectivity index (χ3n) is 5.35. The van der Waals surface area contributed by atoms with E-state index in [1.807, 2.05) is 24.0 Å². The first kappa shape index (κ1) is 14.9. The predicted molar refractivity (Wildman–Crippen MR) is 86.2 cm³/mol. The van der Waals surface area contributed by atoms with Crippen molar-refractivity contribution >= 4 is 11.7 Å². The Kier molecular flexibility index (Phi) is 3.93. The van der Waals surface area contributed by atoms with Crippen LogP contribution in [0.4, 0.5) is 5.82 Å². The Labute approximate surface area is 136 Å². The predicted octanol–water partition coefficient (Wildman–Crippen LogP) is 1.39. The summed E-state index contributed by atoms with van der Waals surface area (Å²) >= 11 is 0. The average molecular weight is 316 g/mol. The van der Waals surface area contributed by atoms with Crippen molar-refractivity contribution < 1.29 is 9.53 Å². The first-order valence-corrected chi connectivity index (χ1v) is 8.70. The Morgan fingerprint density at radius 3 is 2.78 bits per heavy atom. The largest absolute Gasteiger partial charge is 0.363 e. The molecule has 0 radical (unpaired) electrons. The molecule has 3 fully saturated rings. The Morgan fingerprint density at radius 2 is 2.04 bits per heavy atom. The van der Waals surface area contributed by atoms with Gasteiger partial charge in [0.25, 0.3) is 5.91 Å². The zero-order chi connectivity index (χ0) is 15.8. The lowest BCUT2D eigenvalue weighted by molar-refractivity contribution is -0.141. The van der Waals surface area contributed by atoms with Crippen LogP contribution in [0.15, 0.2) is 12.1 Å². The summed E-state index contributed by atoms with van der Waals surface area (Å²) in [4.78, 5) is 16.8. The van der Waals surface area contributed by atoms with Crippen LogP contribution < -0.4 is 4.90 Å². The monoisotopic (exact) mass is 316 g/mol. The number of ether oxygens (including phenoxy) is 1. The number of anilines is 1. The molecule has 1 amide bonds. The van der Waals surface area contributed by atoms with Gasteiger partial charge < -0.3 is 14.5 Å². The van der Waals surface area contributed by atoms with E-state index in [9.17, 15) is 4.79 Å². The molecule has 23 heavy (non-hydrogen) atoms. The molecule has 3 aliphatic heterocycles. The first-order chi connectivity index (χ1) is 11.2. The van der Waals surface area contributed by atoms with E-state index in [4.69, 9.17) is 4.74 Å². The van der Waals surface area contributed by atoms with Crippen molar-refractivity contribution in [1.82, 2.24) is 15.1 Å². The van der Waals surface area contributed by atoms with E-state index in [0.29, 0.717) is 5.92 Å². The van der Waals surface area contributed by atoms with Crippen LogP contribution in [0.25, 0.3) is 0 Å². The summed E-state index contributed by atoms with van der Waals surface area (Å²) in [6, 6.07) is 4.01. The number of aromatic nitrogens is 2. The van der Waals surface area contributed by atoms with Crippen molar-refractivity contribution in [2.24, 2.45) is 5.92 Å². The van der Waals surface area contributed by atoms with Gasteiger partial charge in [0.15, 0.2) is 5.82 Å². The molecule has 0 bridgehead atoms. The van der Waals surface area contributed by atoms with Crippen LogP contribution in [0.2, 0.25) is 0 Å². The van der Waals surface area contributed by atoms with Crippen LogP contribution in [-0.4, -0.2) is 59.4 Å². The number of fused-ring (bicyclic) bond motifs is 1. The normalized spacial score (nSPS) is 30.6. The van der Waals surface area contributed by atoms with Gasteiger partial charge in [0, 0.05) is 26.2 Å². The number of amides is 1. The first-order valence-electron chi connectivity index (χ1n) is 8.70. The average Bonchev–Trinajstić information content (AvgIpc) is 3.23. The van der Waals surface area contributed by atoms with Crippen LogP contribution in [0, 0.1) is 12.8 Å². The Morgan fingerprint density at radius 1 is 1.22 bits per heavy atom. The zero-order valence-electron chi connectivity index (χ0n) is 13.6. The van der Waals surface area contributed by atoms with Gasteiger partial charge in [-0.1, -0.05) is 0 Å². The van der Waals surface area contributed by atoms with Gasteiger partial charge in [0.2, 0.25) is 0 Å². The lowest BCUT2D eigenvalue weighted by Gasteiger charge is -2.34. The van der Waals surface area contributed by atoms with Gasteiger partial charge in [0.05, 0.1) is 11.8 Å².